The lowest BCUT2D eigenvalue weighted by Gasteiger charge is -2.30. The Balaban J connectivity index is 0.00000183. The van der Waals surface area contributed by atoms with E-state index in [2.05, 4.69) is 4.90 Å². The molecule has 49 heavy (non-hydrogen) atoms. The highest BCUT2D eigenvalue weighted by Crippen LogP contribution is 2.19. The van der Waals surface area contributed by atoms with Crippen LogP contribution >= 0.6 is 0 Å². The van der Waals surface area contributed by atoms with Crippen LogP contribution in [0.3, 0.4) is 0 Å². The number of rotatable bonds is 16. The van der Waals surface area contributed by atoms with Crippen molar-refractivity contribution in [3.63, 3.8) is 0 Å². The van der Waals surface area contributed by atoms with Crippen LogP contribution in [0.2, 0.25) is 0 Å². The molecule has 0 amide bonds. The number of carboxylic acids is 2. The third-order valence-electron chi connectivity index (χ3n) is 6.15. The molecular weight excluding hydrogens is 656 g/mol. The monoisotopic (exact) mass is 702 g/mol. The first kappa shape index (κ1) is 44.5. The zero-order valence-corrected chi connectivity index (χ0v) is 27.3. The van der Waals surface area contributed by atoms with Crippen LogP contribution in [0.4, 0.5) is 11.4 Å². The van der Waals surface area contributed by atoms with E-state index < -0.39 is 34.0 Å². The van der Waals surface area contributed by atoms with Crippen LogP contribution in [0.5, 0.6) is 11.5 Å². The maximum atomic E-state index is 10.8. The highest BCUT2D eigenvalue weighted by molar-refractivity contribution is 6.27. The Labute approximate surface area is 282 Å². The van der Waals surface area contributed by atoms with Gasteiger partial charge in [-0.1, -0.05) is 0 Å². The maximum absolute atomic E-state index is 10.8. The van der Waals surface area contributed by atoms with E-state index in [1.807, 2.05) is 4.90 Å². The second-order valence-corrected chi connectivity index (χ2v) is 10.7. The van der Waals surface area contributed by atoms with Gasteiger partial charge in [0, 0.05) is 56.5 Å². The average Bonchev–Trinajstić information content (AvgIpc) is 3.03. The predicted molar refractivity (Wildman–Crippen MR) is 174 cm³/mol. The van der Waals surface area contributed by atoms with E-state index in [9.17, 15) is 30.4 Å². The minimum Gasteiger partial charge on any atom is -0.491 e. The van der Waals surface area contributed by atoms with Crippen molar-refractivity contribution in [2.24, 2.45) is 0 Å². The van der Waals surface area contributed by atoms with E-state index >= 15 is 0 Å². The van der Waals surface area contributed by atoms with E-state index in [0.717, 1.165) is 26.1 Å². The zero-order chi connectivity index (χ0) is 36.1. The van der Waals surface area contributed by atoms with Gasteiger partial charge in [-0.15, -0.1) is 0 Å². The van der Waals surface area contributed by atoms with E-state index in [-0.39, 0.29) is 49.3 Å². The summed E-state index contributed by atoms with van der Waals surface area (Å²) in [6.07, 6.45) is -1.07. The van der Waals surface area contributed by atoms with Crippen LogP contribution in [0.15, 0.2) is 48.5 Å². The fourth-order valence-electron chi connectivity index (χ4n) is 4.01. The molecule has 1 aliphatic rings. The smallest absolute Gasteiger partial charge is 0.414 e. The Bertz CT molecular complexity index is 1160. The fourth-order valence-corrected chi connectivity index (χ4v) is 4.01. The minimum absolute atomic E-state index is 0. The summed E-state index contributed by atoms with van der Waals surface area (Å²) < 4.78 is 16.5. The number of aliphatic carboxylic acids is 2. The molecule has 0 saturated carbocycles. The van der Waals surface area contributed by atoms with Gasteiger partial charge in [0.25, 0.3) is 11.4 Å². The van der Waals surface area contributed by atoms with Gasteiger partial charge in [-0.05, 0) is 57.6 Å². The van der Waals surface area contributed by atoms with Crippen molar-refractivity contribution in [2.75, 3.05) is 65.7 Å². The summed E-state index contributed by atoms with van der Waals surface area (Å²) >= 11 is 0. The van der Waals surface area contributed by atoms with Gasteiger partial charge in [0.1, 0.15) is 36.9 Å². The number of nitro benzene ring substituents is 2. The number of aliphatic hydroxyl groups is 3. The number of non-ortho nitro benzene ring substituents is 2. The van der Waals surface area contributed by atoms with Crippen LogP contribution in [0.1, 0.15) is 20.3 Å². The topological polar surface area (TPSA) is 287 Å². The van der Waals surface area contributed by atoms with Crippen LogP contribution in [-0.4, -0.2) is 147 Å². The molecule has 2 aromatic rings. The zero-order valence-electron chi connectivity index (χ0n) is 27.3. The lowest BCUT2D eigenvalue weighted by Crippen LogP contribution is -2.43. The normalized spacial score (nSPS) is 13.8. The average molecular weight is 703 g/mol. The van der Waals surface area contributed by atoms with Gasteiger partial charge in [-0.2, -0.15) is 0 Å². The molecule has 276 valence electrons. The molecule has 0 spiro atoms. The molecule has 19 nitrogen and oxygen atoms in total. The molecule has 0 aromatic heterocycles. The molecule has 19 heteroatoms. The molecule has 2 atom stereocenters. The number of hydrogen-bond acceptors (Lipinski definition) is 14. The van der Waals surface area contributed by atoms with E-state index in [1.54, 1.807) is 13.8 Å². The third-order valence-corrected chi connectivity index (χ3v) is 6.15. The lowest BCUT2D eigenvalue weighted by molar-refractivity contribution is -0.385. The van der Waals surface area contributed by atoms with Gasteiger partial charge in [-0.25, -0.2) is 9.59 Å². The Morgan fingerprint density at radius 2 is 1.18 bits per heavy atom. The van der Waals surface area contributed by atoms with Gasteiger partial charge in [0.15, 0.2) is 0 Å². The number of aliphatic hydroxyl groups excluding tert-OH is 3. The van der Waals surface area contributed by atoms with Crippen molar-refractivity contribution in [3.8, 4) is 11.5 Å². The molecule has 7 N–H and O–H groups in total. The third kappa shape index (κ3) is 21.2. The second kappa shape index (κ2) is 24.6. The molecule has 1 aliphatic heterocycles. The summed E-state index contributed by atoms with van der Waals surface area (Å²) in [5.74, 6) is -2.83. The summed E-state index contributed by atoms with van der Waals surface area (Å²) in [4.78, 5) is 43.0. The molecule has 2 unspecified atom stereocenters. The molecule has 0 bridgehead atoms. The number of nitrogens with zero attached hydrogens (tertiary/aromatic N) is 4. The first-order valence-corrected chi connectivity index (χ1v) is 14.9. The van der Waals surface area contributed by atoms with Crippen LogP contribution < -0.4 is 9.47 Å². The lowest BCUT2D eigenvalue weighted by atomic mass is 10.2. The van der Waals surface area contributed by atoms with Gasteiger partial charge in [0.05, 0.1) is 23.1 Å². The van der Waals surface area contributed by atoms with Crippen molar-refractivity contribution >= 4 is 23.3 Å². The SMILES string of the molecule is CC(C)O.O.O=C(O)C(=O)O.O=[N+]([O-])c1ccc(OCC(O)CN(CCCN2CCOCC2)CC(O)COc2ccc([N+](=O)[O-])cc2)cc1. The van der Waals surface area contributed by atoms with E-state index in [4.69, 9.17) is 39.1 Å². The molecule has 3 rings (SSSR count). The number of carboxylic acid groups (broad SMARTS) is 2. The van der Waals surface area contributed by atoms with Crippen molar-refractivity contribution in [1.82, 2.24) is 9.80 Å². The Hall–Kier alpha value is -4.50. The van der Waals surface area contributed by atoms with Crippen LogP contribution in [0, 0.1) is 20.2 Å². The second-order valence-electron chi connectivity index (χ2n) is 10.7. The van der Waals surface area contributed by atoms with Crippen molar-refractivity contribution in [3.05, 3.63) is 68.8 Å². The summed E-state index contributed by atoms with van der Waals surface area (Å²) in [6.45, 7) is 8.54. The van der Waals surface area contributed by atoms with E-state index in [1.165, 1.54) is 48.5 Å². The summed E-state index contributed by atoms with van der Waals surface area (Å²) in [5, 5.41) is 65.6. The van der Waals surface area contributed by atoms with Crippen molar-refractivity contribution < 1.29 is 64.7 Å². The van der Waals surface area contributed by atoms with Gasteiger partial charge in [0.2, 0.25) is 0 Å². The van der Waals surface area contributed by atoms with Crippen LogP contribution in [-0.2, 0) is 14.3 Å². The Morgan fingerprint density at radius 1 is 0.816 bits per heavy atom. The highest BCUT2D eigenvalue weighted by atomic mass is 16.6. The molecule has 1 saturated heterocycles. The molecule has 0 aliphatic carbocycles. The molecule has 1 heterocycles. The largest absolute Gasteiger partial charge is 0.491 e. The number of hydrogen-bond donors (Lipinski definition) is 5. The van der Waals surface area contributed by atoms with E-state index in [0.29, 0.717) is 31.3 Å². The van der Waals surface area contributed by atoms with Gasteiger partial charge >= 0.3 is 11.9 Å². The Morgan fingerprint density at radius 3 is 1.51 bits per heavy atom. The predicted octanol–water partition coefficient (Wildman–Crippen LogP) is 0.425. The minimum atomic E-state index is -1.82. The number of ether oxygens (including phenoxy) is 3. The standard InChI is InChI=1S/C25H34N4O9.C3H8O.C2H2O4.H2O/c30-22(18-37-24-6-2-20(3-7-24)28(32)33)16-27(11-1-10-26-12-14-36-15-13-26)17-23(31)19-38-25-8-4-21(5-9-25)29(34)35;1-3(2)4;3-1(4)2(5)6;/h2-9,22-23,30-31H,1,10-19H2;3-4H,1-2H3;(H,3,4)(H,5,6);1H2. The molecule has 1 fully saturated rings. The Kier molecular flexibility index (Phi) is 22.4. The molecular formula is C30H46N4O15. The quantitative estimate of drug-likeness (QED) is 0.0900. The highest BCUT2D eigenvalue weighted by Gasteiger charge is 2.19. The number of benzene rings is 2. The summed E-state index contributed by atoms with van der Waals surface area (Å²) in [5.41, 5.74) is -0.0939. The summed E-state index contributed by atoms with van der Waals surface area (Å²) in [6, 6.07) is 11.2. The van der Waals surface area contributed by atoms with Crippen molar-refractivity contribution in [2.45, 2.75) is 38.6 Å². The number of morpholine rings is 1. The fraction of sp³-hybridized carbons (Fsp3) is 0.533. The number of carbonyl (C=O) groups is 2. The van der Waals surface area contributed by atoms with Crippen molar-refractivity contribution in [1.29, 1.82) is 0 Å². The first-order chi connectivity index (χ1) is 22.7. The molecule has 2 aromatic carbocycles. The van der Waals surface area contributed by atoms with Gasteiger partial charge < -0.3 is 45.2 Å². The number of nitro groups is 2. The molecule has 0 radical (unpaired) electrons. The first-order valence-electron chi connectivity index (χ1n) is 14.9. The van der Waals surface area contributed by atoms with Crippen LogP contribution in [0.25, 0.3) is 0 Å². The van der Waals surface area contributed by atoms with Gasteiger partial charge in [-0.3, -0.25) is 30.0 Å². The summed E-state index contributed by atoms with van der Waals surface area (Å²) in [7, 11) is 0. The maximum Gasteiger partial charge on any atom is 0.414 e.